The van der Waals surface area contributed by atoms with Gasteiger partial charge < -0.3 is 10.8 Å². The lowest BCUT2D eigenvalue weighted by Crippen LogP contribution is -2.40. The fraction of sp³-hybridized carbons (Fsp3) is 0.250. The Bertz CT molecular complexity index is 222. The number of hydrogen-bond donors (Lipinski definition) is 3. The maximum Gasteiger partial charge on any atom is 0.354 e. The van der Waals surface area contributed by atoms with Crippen molar-refractivity contribution >= 4 is 17.6 Å². The molecule has 1 rings (SSSR count). The van der Waals surface area contributed by atoms with Gasteiger partial charge in [0.25, 0.3) is 5.91 Å². The number of nitrogens with one attached hydrogen (secondary N) is 1. The molecule has 10 heavy (non-hydrogen) atoms. The van der Waals surface area contributed by atoms with Crippen LogP contribution < -0.4 is 11.2 Å². The van der Waals surface area contributed by atoms with E-state index in [1.165, 1.54) is 0 Å². The fourth-order valence-corrected chi connectivity index (χ4v) is 0.559. The van der Waals surface area contributed by atoms with Crippen LogP contribution in [0.2, 0.25) is 0 Å². The van der Waals surface area contributed by atoms with Crippen LogP contribution in [0.25, 0.3) is 0 Å². The molecule has 1 amide bonds. The molecule has 0 aromatic rings. The van der Waals surface area contributed by atoms with Gasteiger partial charge in [-0.25, -0.2) is 10.2 Å². The Balaban J connectivity index is 2.81. The summed E-state index contributed by atoms with van der Waals surface area (Å²) < 4.78 is 0. The zero-order chi connectivity index (χ0) is 7.72. The summed E-state index contributed by atoms with van der Waals surface area (Å²) >= 11 is 0. The van der Waals surface area contributed by atoms with Crippen LogP contribution in [0.15, 0.2) is 5.10 Å². The van der Waals surface area contributed by atoms with Crippen molar-refractivity contribution in [1.29, 1.82) is 0 Å². The van der Waals surface area contributed by atoms with Crippen molar-refractivity contribution in [3.05, 3.63) is 0 Å². The number of amides is 1. The molecule has 0 aromatic heterocycles. The Labute approximate surface area is 55.7 Å². The maximum atomic E-state index is 10.5. The van der Waals surface area contributed by atoms with E-state index >= 15 is 0 Å². The molecule has 1 unspecified atom stereocenters. The summed E-state index contributed by atoms with van der Waals surface area (Å²) in [5.74, 6) is -1.86. The number of carbonyl (C=O) groups is 2. The number of carboxylic acids is 1. The molecule has 1 heterocycles. The Morgan fingerprint density at radius 2 is 2.40 bits per heavy atom. The predicted molar refractivity (Wildman–Crippen MR) is 31.2 cm³/mol. The number of hydrogen-bond acceptors (Lipinski definition) is 4. The maximum absolute atomic E-state index is 10.5. The molecule has 4 N–H and O–H groups in total. The third-order valence-corrected chi connectivity index (χ3v) is 1.08. The van der Waals surface area contributed by atoms with Crippen LogP contribution in [0.3, 0.4) is 0 Å². The van der Waals surface area contributed by atoms with Crippen LogP contribution in [-0.4, -0.2) is 28.7 Å². The quantitative estimate of drug-likeness (QED) is 0.390. The zero-order valence-electron chi connectivity index (χ0n) is 4.87. The first-order chi connectivity index (χ1) is 4.63. The highest BCUT2D eigenvalue weighted by Crippen LogP contribution is 1.93. The molecule has 1 aliphatic rings. The molecule has 6 heteroatoms. The first-order valence-electron chi connectivity index (χ1n) is 2.49. The first kappa shape index (κ1) is 6.69. The molecule has 0 saturated heterocycles. The van der Waals surface area contributed by atoms with Gasteiger partial charge in [-0.3, -0.25) is 4.79 Å². The molecular formula is C4H5N3O3. The minimum absolute atomic E-state index is 0.343. The van der Waals surface area contributed by atoms with Gasteiger partial charge in [-0.15, -0.1) is 0 Å². The molecule has 1 atom stereocenters. The second kappa shape index (κ2) is 2.07. The van der Waals surface area contributed by atoms with E-state index in [-0.39, 0.29) is 5.71 Å². The summed E-state index contributed by atoms with van der Waals surface area (Å²) in [6, 6.07) is -1.13. The third-order valence-electron chi connectivity index (χ3n) is 1.08. The lowest BCUT2D eigenvalue weighted by atomic mass is 10.2. The Morgan fingerprint density at radius 3 is 2.60 bits per heavy atom. The number of nitrogens with two attached hydrogens (primary N) is 1. The summed E-state index contributed by atoms with van der Waals surface area (Å²) in [6.07, 6.45) is 0. The Kier molecular flexibility index (Phi) is 1.38. The largest absolute Gasteiger partial charge is 0.477 e. The van der Waals surface area contributed by atoms with Crippen LogP contribution in [0.4, 0.5) is 0 Å². The number of aliphatic carboxylic acids is 1. The minimum Gasteiger partial charge on any atom is -0.477 e. The number of hydrazone groups is 1. The monoisotopic (exact) mass is 143 g/mol. The van der Waals surface area contributed by atoms with Crippen LogP contribution in [-0.2, 0) is 9.59 Å². The minimum atomic E-state index is -1.27. The van der Waals surface area contributed by atoms with E-state index in [1.54, 1.807) is 0 Å². The number of rotatable bonds is 1. The van der Waals surface area contributed by atoms with Crippen LogP contribution in [0.5, 0.6) is 0 Å². The van der Waals surface area contributed by atoms with Crippen LogP contribution in [0, 0.1) is 0 Å². The van der Waals surface area contributed by atoms with E-state index in [1.807, 2.05) is 5.43 Å². The van der Waals surface area contributed by atoms with Gasteiger partial charge in [-0.05, 0) is 0 Å². The molecule has 54 valence electrons. The third kappa shape index (κ3) is 0.841. The lowest BCUT2D eigenvalue weighted by Gasteiger charge is -1.95. The van der Waals surface area contributed by atoms with Gasteiger partial charge in [-0.2, -0.15) is 5.10 Å². The summed E-state index contributed by atoms with van der Waals surface area (Å²) in [4.78, 5) is 20.6. The van der Waals surface area contributed by atoms with Gasteiger partial charge >= 0.3 is 5.97 Å². The highest BCUT2D eigenvalue weighted by molar-refractivity contribution is 6.43. The van der Waals surface area contributed by atoms with E-state index in [4.69, 9.17) is 10.8 Å². The van der Waals surface area contributed by atoms with E-state index in [0.717, 1.165) is 0 Å². The molecule has 0 bridgehead atoms. The summed E-state index contributed by atoms with van der Waals surface area (Å²) in [7, 11) is 0. The van der Waals surface area contributed by atoms with Crippen molar-refractivity contribution in [2.45, 2.75) is 6.04 Å². The summed E-state index contributed by atoms with van der Waals surface area (Å²) in [6.45, 7) is 0. The molecule has 0 fully saturated rings. The summed E-state index contributed by atoms with van der Waals surface area (Å²) in [5, 5.41) is 11.5. The van der Waals surface area contributed by atoms with Crippen LogP contribution in [0.1, 0.15) is 0 Å². The van der Waals surface area contributed by atoms with Crippen molar-refractivity contribution in [2.24, 2.45) is 10.8 Å². The smallest absolute Gasteiger partial charge is 0.354 e. The second-order valence-corrected chi connectivity index (χ2v) is 1.76. The van der Waals surface area contributed by atoms with Crippen molar-refractivity contribution in [2.75, 3.05) is 0 Å². The van der Waals surface area contributed by atoms with E-state index in [2.05, 4.69) is 5.10 Å². The zero-order valence-corrected chi connectivity index (χ0v) is 4.87. The fourth-order valence-electron chi connectivity index (χ4n) is 0.559. The van der Waals surface area contributed by atoms with E-state index in [0.29, 0.717) is 0 Å². The molecule has 6 nitrogen and oxygen atoms in total. The lowest BCUT2D eigenvalue weighted by molar-refractivity contribution is -0.130. The number of nitrogens with zero attached hydrogens (tertiary/aromatic N) is 1. The normalized spacial score (nSPS) is 23.9. The molecule has 0 saturated carbocycles. The predicted octanol–water partition coefficient (Wildman–Crippen LogP) is -2.12. The number of carboxylic acid groups (broad SMARTS) is 1. The molecular weight excluding hydrogens is 138 g/mol. The van der Waals surface area contributed by atoms with Crippen molar-refractivity contribution in [3.8, 4) is 0 Å². The molecule has 0 spiro atoms. The Hall–Kier alpha value is -1.43. The van der Waals surface area contributed by atoms with Crippen molar-refractivity contribution in [3.63, 3.8) is 0 Å². The molecule has 0 aliphatic carbocycles. The number of carbonyl (C=O) groups excluding carboxylic acids is 1. The van der Waals surface area contributed by atoms with E-state index < -0.39 is 17.9 Å². The van der Waals surface area contributed by atoms with Crippen LogP contribution >= 0.6 is 0 Å². The van der Waals surface area contributed by atoms with E-state index in [9.17, 15) is 9.59 Å². The first-order valence-corrected chi connectivity index (χ1v) is 2.49. The standard InChI is InChI=1S/C4H5N3O3/c5-1-2(4(9)10)6-7-3(1)8/h1H,5H2,(H,7,8)(H,9,10). The van der Waals surface area contributed by atoms with Gasteiger partial charge in [0.05, 0.1) is 0 Å². The van der Waals surface area contributed by atoms with Gasteiger partial charge in [0.1, 0.15) is 6.04 Å². The van der Waals surface area contributed by atoms with Gasteiger partial charge in [0.2, 0.25) is 0 Å². The average Bonchev–Trinajstić information content (AvgIpc) is 2.14. The highest BCUT2D eigenvalue weighted by Gasteiger charge is 2.30. The van der Waals surface area contributed by atoms with Crippen molar-refractivity contribution < 1.29 is 14.7 Å². The summed E-state index contributed by atoms with van der Waals surface area (Å²) in [5.41, 5.74) is 6.70. The topological polar surface area (TPSA) is 105 Å². The molecule has 1 aliphatic heterocycles. The Morgan fingerprint density at radius 1 is 1.80 bits per heavy atom. The second-order valence-electron chi connectivity index (χ2n) is 1.76. The van der Waals surface area contributed by atoms with Gasteiger partial charge in [-0.1, -0.05) is 0 Å². The van der Waals surface area contributed by atoms with Gasteiger partial charge in [0, 0.05) is 0 Å². The highest BCUT2D eigenvalue weighted by atomic mass is 16.4. The van der Waals surface area contributed by atoms with Crippen molar-refractivity contribution in [1.82, 2.24) is 5.43 Å². The van der Waals surface area contributed by atoms with Gasteiger partial charge in [0.15, 0.2) is 5.71 Å². The molecule has 0 aromatic carbocycles. The molecule has 0 radical (unpaired) electrons. The SMILES string of the molecule is NC1C(=O)NN=C1C(=O)O. The average molecular weight is 143 g/mol.